The molecule has 0 saturated carbocycles. The lowest BCUT2D eigenvalue weighted by molar-refractivity contribution is -0.139. The first kappa shape index (κ1) is 24.3. The van der Waals surface area contributed by atoms with Crippen LogP contribution in [-0.2, 0) is 25.6 Å². The van der Waals surface area contributed by atoms with Crippen LogP contribution in [0.25, 0.3) is 0 Å². The molecule has 178 valence electrons. The highest BCUT2D eigenvalue weighted by molar-refractivity contribution is 5.92. The maximum atomic E-state index is 12.7. The van der Waals surface area contributed by atoms with Gasteiger partial charge >= 0.3 is 11.9 Å². The van der Waals surface area contributed by atoms with Crippen molar-refractivity contribution in [2.75, 3.05) is 20.8 Å². The smallest absolute Gasteiger partial charge is 0.373 e. The average molecular weight is 468 g/mol. The molecule has 1 aromatic heterocycles. The zero-order chi connectivity index (χ0) is 24.8. The number of nitrogens with two attached hydrogens (primary N) is 1. The van der Waals surface area contributed by atoms with Gasteiger partial charge in [-0.05, 0) is 43.7 Å². The monoisotopic (exact) mass is 468 g/mol. The lowest BCUT2D eigenvalue weighted by atomic mass is 9.83. The molecule has 0 saturated heterocycles. The predicted molar refractivity (Wildman–Crippen MR) is 117 cm³/mol. The molecule has 0 radical (unpaired) electrons. The van der Waals surface area contributed by atoms with Gasteiger partial charge in [-0.2, -0.15) is 5.26 Å². The number of carbonyl (C=O) groups is 2. The van der Waals surface area contributed by atoms with Crippen LogP contribution < -0.4 is 15.2 Å². The van der Waals surface area contributed by atoms with Gasteiger partial charge in [-0.25, -0.2) is 9.59 Å². The lowest BCUT2D eigenvalue weighted by Gasteiger charge is -2.27. The van der Waals surface area contributed by atoms with E-state index in [1.807, 2.05) is 6.07 Å². The van der Waals surface area contributed by atoms with Crippen LogP contribution in [0.2, 0.25) is 0 Å². The minimum Gasteiger partial charge on any atom is -0.493 e. The second-order valence-corrected chi connectivity index (χ2v) is 7.07. The van der Waals surface area contributed by atoms with Crippen LogP contribution in [0.1, 0.15) is 41.6 Å². The van der Waals surface area contributed by atoms with E-state index >= 15 is 0 Å². The highest BCUT2D eigenvalue weighted by Crippen LogP contribution is 2.42. The maximum absolute atomic E-state index is 12.7. The average Bonchev–Trinajstić information content (AvgIpc) is 3.31. The predicted octanol–water partition coefficient (Wildman–Crippen LogP) is 3.30. The number of furan rings is 1. The standard InChI is InChI=1S/C24H24N2O8/c1-5-31-24(28)20-13(2)33-22(26)16(11-25)21(20)14-6-8-17(19(10-14)29-3)32-12-15-7-9-18(34-15)23(27)30-4/h6-10,21H,5,12,26H2,1-4H3. The van der Waals surface area contributed by atoms with Crippen molar-refractivity contribution in [3.05, 3.63) is 70.2 Å². The Bertz CT molecular complexity index is 1200. The number of nitriles is 1. The van der Waals surface area contributed by atoms with E-state index in [9.17, 15) is 14.9 Å². The molecule has 0 fully saturated rings. The Morgan fingerprint density at radius 3 is 2.56 bits per heavy atom. The molecule has 10 heteroatoms. The Hall–Kier alpha value is -4.39. The largest absolute Gasteiger partial charge is 0.493 e. The molecular formula is C24H24N2O8. The topological polar surface area (TPSA) is 143 Å². The van der Waals surface area contributed by atoms with Gasteiger partial charge in [0.1, 0.15) is 29.8 Å². The van der Waals surface area contributed by atoms with Gasteiger partial charge in [-0.3, -0.25) is 0 Å². The molecule has 0 spiro atoms. The van der Waals surface area contributed by atoms with E-state index in [0.717, 1.165) is 0 Å². The minimum absolute atomic E-state index is 0.0212. The molecule has 0 bridgehead atoms. The molecule has 1 aliphatic heterocycles. The Morgan fingerprint density at radius 2 is 1.91 bits per heavy atom. The summed E-state index contributed by atoms with van der Waals surface area (Å²) in [7, 11) is 2.72. The van der Waals surface area contributed by atoms with E-state index in [0.29, 0.717) is 22.8 Å². The van der Waals surface area contributed by atoms with E-state index in [4.69, 9.17) is 29.1 Å². The molecule has 10 nitrogen and oxygen atoms in total. The third-order valence-corrected chi connectivity index (χ3v) is 5.04. The van der Waals surface area contributed by atoms with E-state index < -0.39 is 17.9 Å². The van der Waals surface area contributed by atoms with Gasteiger partial charge in [0.2, 0.25) is 11.6 Å². The quantitative estimate of drug-likeness (QED) is 0.573. The molecule has 1 unspecified atom stereocenters. The van der Waals surface area contributed by atoms with Gasteiger partial charge in [0.05, 0.1) is 32.3 Å². The molecule has 2 N–H and O–H groups in total. The number of esters is 2. The second-order valence-electron chi connectivity index (χ2n) is 7.07. The van der Waals surface area contributed by atoms with Crippen molar-refractivity contribution >= 4 is 11.9 Å². The van der Waals surface area contributed by atoms with Crippen molar-refractivity contribution in [2.24, 2.45) is 5.73 Å². The van der Waals surface area contributed by atoms with Gasteiger partial charge in [-0.1, -0.05) is 6.07 Å². The first-order valence-corrected chi connectivity index (χ1v) is 10.3. The fourth-order valence-corrected chi connectivity index (χ4v) is 3.49. The van der Waals surface area contributed by atoms with Crippen LogP contribution in [0.15, 0.2) is 57.5 Å². The zero-order valence-electron chi connectivity index (χ0n) is 19.2. The normalized spacial score (nSPS) is 15.3. The molecule has 1 aromatic carbocycles. The highest BCUT2D eigenvalue weighted by atomic mass is 16.5. The molecule has 2 heterocycles. The summed E-state index contributed by atoms with van der Waals surface area (Å²) in [6.45, 7) is 3.45. The van der Waals surface area contributed by atoms with Crippen LogP contribution in [0.4, 0.5) is 0 Å². The summed E-state index contributed by atoms with van der Waals surface area (Å²) in [6.07, 6.45) is 0. The summed E-state index contributed by atoms with van der Waals surface area (Å²) >= 11 is 0. The van der Waals surface area contributed by atoms with E-state index in [-0.39, 0.29) is 41.8 Å². The number of hydrogen-bond acceptors (Lipinski definition) is 10. The summed E-state index contributed by atoms with van der Waals surface area (Å²) in [5, 5.41) is 9.72. The number of ether oxygens (including phenoxy) is 5. The number of nitrogens with zero attached hydrogens (tertiary/aromatic N) is 1. The SMILES string of the molecule is CCOC(=O)C1=C(C)OC(N)=C(C#N)C1c1ccc(OCc2ccc(C(=O)OC)o2)c(OC)c1. The molecule has 34 heavy (non-hydrogen) atoms. The van der Waals surface area contributed by atoms with Crippen molar-refractivity contribution in [3.8, 4) is 17.6 Å². The Balaban J connectivity index is 1.92. The summed E-state index contributed by atoms with van der Waals surface area (Å²) in [5.74, 6) is -0.659. The highest BCUT2D eigenvalue weighted by Gasteiger charge is 2.36. The van der Waals surface area contributed by atoms with Crippen LogP contribution >= 0.6 is 0 Å². The van der Waals surface area contributed by atoms with E-state index in [1.165, 1.54) is 20.3 Å². The number of rotatable bonds is 8. The van der Waals surface area contributed by atoms with Gasteiger partial charge in [-0.15, -0.1) is 0 Å². The van der Waals surface area contributed by atoms with Gasteiger partial charge in [0, 0.05) is 0 Å². The van der Waals surface area contributed by atoms with Gasteiger partial charge in [0.25, 0.3) is 0 Å². The van der Waals surface area contributed by atoms with E-state index in [2.05, 4.69) is 4.74 Å². The Morgan fingerprint density at radius 1 is 1.15 bits per heavy atom. The second kappa shape index (κ2) is 10.5. The number of carbonyl (C=O) groups excluding carboxylic acids is 2. The number of benzene rings is 1. The lowest BCUT2D eigenvalue weighted by Crippen LogP contribution is -2.25. The number of methoxy groups -OCH3 is 2. The zero-order valence-corrected chi connectivity index (χ0v) is 19.2. The van der Waals surface area contributed by atoms with E-state index in [1.54, 1.807) is 38.1 Å². The molecule has 3 rings (SSSR count). The molecule has 1 aliphatic rings. The summed E-state index contributed by atoms with van der Waals surface area (Å²) < 4.78 is 31.9. The van der Waals surface area contributed by atoms with Crippen molar-refractivity contribution in [3.63, 3.8) is 0 Å². The fourth-order valence-electron chi connectivity index (χ4n) is 3.49. The third-order valence-electron chi connectivity index (χ3n) is 5.04. The van der Waals surface area contributed by atoms with Crippen molar-refractivity contribution in [1.82, 2.24) is 0 Å². The first-order chi connectivity index (χ1) is 16.3. The molecule has 1 atom stereocenters. The van der Waals surface area contributed by atoms with Gasteiger partial charge < -0.3 is 33.8 Å². The van der Waals surface area contributed by atoms with Crippen molar-refractivity contribution < 1.29 is 37.7 Å². The Labute approximate surface area is 196 Å². The van der Waals surface area contributed by atoms with Gasteiger partial charge in [0.15, 0.2) is 11.5 Å². The molecule has 2 aromatic rings. The van der Waals surface area contributed by atoms with Crippen LogP contribution in [0.5, 0.6) is 11.5 Å². The molecular weight excluding hydrogens is 444 g/mol. The summed E-state index contributed by atoms with van der Waals surface area (Å²) in [4.78, 5) is 24.2. The third kappa shape index (κ3) is 4.83. The molecule has 0 aliphatic carbocycles. The van der Waals surface area contributed by atoms with Crippen LogP contribution in [-0.4, -0.2) is 32.8 Å². The van der Waals surface area contributed by atoms with Crippen LogP contribution in [0, 0.1) is 11.3 Å². The Kier molecular flexibility index (Phi) is 7.48. The fraction of sp³-hybridized carbons (Fsp3) is 0.292. The summed E-state index contributed by atoms with van der Waals surface area (Å²) in [6, 6.07) is 10.1. The maximum Gasteiger partial charge on any atom is 0.373 e. The first-order valence-electron chi connectivity index (χ1n) is 10.3. The minimum atomic E-state index is -0.812. The molecule has 0 amide bonds. The summed E-state index contributed by atoms with van der Waals surface area (Å²) in [5.41, 5.74) is 6.75. The van der Waals surface area contributed by atoms with Crippen molar-refractivity contribution in [1.29, 1.82) is 5.26 Å². The number of hydrogen-bond donors (Lipinski definition) is 1. The van der Waals surface area contributed by atoms with Crippen molar-refractivity contribution in [2.45, 2.75) is 26.4 Å². The van der Waals surface area contributed by atoms with Crippen LogP contribution in [0.3, 0.4) is 0 Å². The number of allylic oxidation sites excluding steroid dienone is 2.